The number of ether oxygens (including phenoxy) is 2. The number of aryl methyl sites for hydroxylation is 2. The first-order chi connectivity index (χ1) is 12.2. The molecule has 140 valence electrons. The maximum Gasteiger partial charge on any atom is 0.414 e. The highest BCUT2D eigenvalue weighted by molar-refractivity contribution is 6.36. The molecule has 1 N–H and O–H groups in total. The lowest BCUT2D eigenvalue weighted by molar-refractivity contribution is -0.117. The third kappa shape index (κ3) is 3.19. The van der Waals surface area contributed by atoms with Crippen molar-refractivity contribution in [2.75, 3.05) is 27.3 Å². The van der Waals surface area contributed by atoms with Crippen molar-refractivity contribution >= 4 is 29.2 Å². The van der Waals surface area contributed by atoms with Crippen LogP contribution >= 0.6 is 11.6 Å². The fourth-order valence-electron chi connectivity index (χ4n) is 3.54. The molecule has 2 heterocycles. The van der Waals surface area contributed by atoms with Crippen molar-refractivity contribution in [1.82, 2.24) is 10.2 Å². The summed E-state index contributed by atoms with van der Waals surface area (Å²) in [6.45, 7) is 4.71. The van der Waals surface area contributed by atoms with Gasteiger partial charge in [-0.3, -0.25) is 4.79 Å². The minimum atomic E-state index is -0.836. The molecule has 0 aromatic heterocycles. The molecule has 2 amide bonds. The number of hydrogen-bond donors (Lipinski definition) is 1. The van der Waals surface area contributed by atoms with E-state index in [2.05, 4.69) is 5.32 Å². The van der Waals surface area contributed by atoms with Gasteiger partial charge in [0.1, 0.15) is 5.54 Å². The SMILES string of the molecule is Cc1cc(C)c(C2=C(OC(=O)N(C)C)C3(CCCOC3)NC2=O)c(Cl)c1. The number of carbonyl (C=O) groups excluding carboxylic acids is 2. The Kier molecular flexibility index (Phi) is 4.99. The predicted molar refractivity (Wildman–Crippen MR) is 98.9 cm³/mol. The molecule has 26 heavy (non-hydrogen) atoms. The van der Waals surface area contributed by atoms with Crippen LogP contribution in [-0.2, 0) is 14.3 Å². The third-order valence-electron chi connectivity index (χ3n) is 4.72. The molecule has 0 saturated carbocycles. The van der Waals surface area contributed by atoms with Crippen LogP contribution in [0, 0.1) is 13.8 Å². The molecule has 3 rings (SSSR count). The summed E-state index contributed by atoms with van der Waals surface area (Å²) in [4.78, 5) is 26.5. The van der Waals surface area contributed by atoms with Crippen LogP contribution in [0.1, 0.15) is 29.5 Å². The smallest absolute Gasteiger partial charge is 0.411 e. The van der Waals surface area contributed by atoms with E-state index in [-0.39, 0.29) is 12.5 Å². The fraction of sp³-hybridized carbons (Fsp3) is 0.474. The van der Waals surface area contributed by atoms with Gasteiger partial charge < -0.3 is 19.7 Å². The minimum absolute atomic E-state index is 0.265. The zero-order valence-corrected chi connectivity index (χ0v) is 16.2. The molecule has 0 aliphatic carbocycles. The highest BCUT2D eigenvalue weighted by Gasteiger charge is 2.50. The molecule has 0 bridgehead atoms. The Morgan fingerprint density at radius 1 is 1.35 bits per heavy atom. The van der Waals surface area contributed by atoms with Crippen molar-refractivity contribution in [2.45, 2.75) is 32.2 Å². The second-order valence-electron chi connectivity index (χ2n) is 7.10. The second-order valence-corrected chi connectivity index (χ2v) is 7.50. The van der Waals surface area contributed by atoms with E-state index in [0.717, 1.165) is 17.5 Å². The summed E-state index contributed by atoms with van der Waals surface area (Å²) in [5.74, 6) is 0.000613. The van der Waals surface area contributed by atoms with E-state index >= 15 is 0 Å². The van der Waals surface area contributed by atoms with Crippen LogP contribution in [0.15, 0.2) is 17.9 Å². The van der Waals surface area contributed by atoms with Gasteiger partial charge in [0, 0.05) is 31.3 Å². The topological polar surface area (TPSA) is 67.9 Å². The molecular formula is C19H23ClN2O4. The number of halogens is 1. The Morgan fingerprint density at radius 3 is 2.65 bits per heavy atom. The molecule has 1 saturated heterocycles. The first-order valence-corrected chi connectivity index (χ1v) is 8.94. The Bertz CT molecular complexity index is 772. The third-order valence-corrected chi connectivity index (χ3v) is 5.02. The Labute approximate surface area is 158 Å². The van der Waals surface area contributed by atoms with Crippen molar-refractivity contribution in [3.05, 3.63) is 39.6 Å². The normalized spacial score (nSPS) is 22.6. The molecule has 7 heteroatoms. The van der Waals surface area contributed by atoms with Crippen LogP contribution in [0.3, 0.4) is 0 Å². The zero-order chi connectivity index (χ0) is 19.1. The van der Waals surface area contributed by atoms with Crippen LogP contribution in [-0.4, -0.2) is 49.7 Å². The highest BCUT2D eigenvalue weighted by atomic mass is 35.5. The maximum absolute atomic E-state index is 12.9. The number of nitrogens with zero attached hydrogens (tertiary/aromatic N) is 1. The van der Waals surface area contributed by atoms with Crippen molar-refractivity contribution < 1.29 is 19.1 Å². The standard InChI is InChI=1S/C19H23ClN2O4/c1-11-8-12(2)14(13(20)9-11)15-16(26-18(24)22(3)4)19(21-17(15)23)6-5-7-25-10-19/h8-9H,5-7,10H2,1-4H3,(H,21,23). The monoisotopic (exact) mass is 378 g/mol. The number of carbonyl (C=O) groups is 2. The summed E-state index contributed by atoms with van der Waals surface area (Å²) >= 11 is 6.48. The van der Waals surface area contributed by atoms with Crippen LogP contribution in [0.25, 0.3) is 5.57 Å². The molecule has 1 spiro atoms. The van der Waals surface area contributed by atoms with Gasteiger partial charge in [0.15, 0.2) is 5.76 Å². The van der Waals surface area contributed by atoms with Gasteiger partial charge in [0.25, 0.3) is 5.91 Å². The Morgan fingerprint density at radius 2 is 2.08 bits per heavy atom. The van der Waals surface area contributed by atoms with Crippen molar-refractivity contribution in [3.63, 3.8) is 0 Å². The van der Waals surface area contributed by atoms with Gasteiger partial charge in [-0.25, -0.2) is 4.79 Å². The summed E-state index contributed by atoms with van der Waals surface area (Å²) in [6, 6.07) is 3.76. The molecule has 1 unspecified atom stereocenters. The van der Waals surface area contributed by atoms with Gasteiger partial charge in [0.2, 0.25) is 0 Å². The Hall–Kier alpha value is -2.05. The summed E-state index contributed by atoms with van der Waals surface area (Å²) in [5, 5.41) is 3.45. The van der Waals surface area contributed by atoms with Crippen LogP contribution in [0.2, 0.25) is 5.02 Å². The molecule has 2 aliphatic heterocycles. The van der Waals surface area contributed by atoms with Gasteiger partial charge in [-0.2, -0.15) is 0 Å². The zero-order valence-electron chi connectivity index (χ0n) is 15.4. The number of amides is 2. The fourth-order valence-corrected chi connectivity index (χ4v) is 3.95. The van der Waals surface area contributed by atoms with E-state index in [4.69, 9.17) is 21.1 Å². The summed E-state index contributed by atoms with van der Waals surface area (Å²) in [7, 11) is 3.20. The predicted octanol–water partition coefficient (Wildman–Crippen LogP) is 3.05. The van der Waals surface area contributed by atoms with E-state index in [1.165, 1.54) is 4.90 Å². The van der Waals surface area contributed by atoms with Gasteiger partial charge in [-0.15, -0.1) is 0 Å². The average Bonchev–Trinajstić information content (AvgIpc) is 2.79. The molecule has 1 aromatic carbocycles. The summed E-state index contributed by atoms with van der Waals surface area (Å²) in [5.41, 5.74) is 1.92. The van der Waals surface area contributed by atoms with Crippen LogP contribution in [0.5, 0.6) is 0 Å². The van der Waals surface area contributed by atoms with E-state index in [1.54, 1.807) is 20.2 Å². The molecule has 2 aliphatic rings. The molecule has 1 aromatic rings. The van der Waals surface area contributed by atoms with Gasteiger partial charge in [-0.1, -0.05) is 17.7 Å². The van der Waals surface area contributed by atoms with Gasteiger partial charge >= 0.3 is 6.09 Å². The van der Waals surface area contributed by atoms with E-state index < -0.39 is 11.6 Å². The number of benzene rings is 1. The first-order valence-electron chi connectivity index (χ1n) is 8.56. The average molecular weight is 379 g/mol. The summed E-state index contributed by atoms with van der Waals surface area (Å²) < 4.78 is 11.3. The number of hydrogen-bond acceptors (Lipinski definition) is 4. The second kappa shape index (κ2) is 6.93. The van der Waals surface area contributed by atoms with Gasteiger partial charge in [0.05, 0.1) is 12.2 Å². The molecule has 1 atom stereocenters. The molecule has 0 radical (unpaired) electrons. The van der Waals surface area contributed by atoms with E-state index in [1.807, 2.05) is 19.9 Å². The van der Waals surface area contributed by atoms with Crippen LogP contribution in [0.4, 0.5) is 4.79 Å². The Balaban J connectivity index is 2.20. The van der Waals surface area contributed by atoms with Crippen molar-refractivity contribution in [3.8, 4) is 0 Å². The lowest BCUT2D eigenvalue weighted by Crippen LogP contribution is -2.51. The largest absolute Gasteiger partial charge is 0.414 e. The van der Waals surface area contributed by atoms with Crippen molar-refractivity contribution in [2.24, 2.45) is 0 Å². The van der Waals surface area contributed by atoms with Gasteiger partial charge in [-0.05, 0) is 43.9 Å². The minimum Gasteiger partial charge on any atom is -0.411 e. The first kappa shape index (κ1) is 18.7. The quantitative estimate of drug-likeness (QED) is 0.858. The number of nitrogens with one attached hydrogen (secondary N) is 1. The maximum atomic E-state index is 12.9. The summed E-state index contributed by atoms with van der Waals surface area (Å²) in [6.07, 6.45) is 0.859. The van der Waals surface area contributed by atoms with Crippen molar-refractivity contribution in [1.29, 1.82) is 0 Å². The highest BCUT2D eigenvalue weighted by Crippen LogP contribution is 2.42. The lowest BCUT2D eigenvalue weighted by atomic mass is 9.89. The van der Waals surface area contributed by atoms with Crippen LogP contribution < -0.4 is 5.32 Å². The van der Waals surface area contributed by atoms with E-state index in [0.29, 0.717) is 34.9 Å². The molecule has 6 nitrogen and oxygen atoms in total. The molecular weight excluding hydrogens is 356 g/mol. The molecule has 1 fully saturated rings. The number of rotatable bonds is 2. The lowest BCUT2D eigenvalue weighted by Gasteiger charge is -2.35. The van der Waals surface area contributed by atoms with E-state index in [9.17, 15) is 9.59 Å².